The molecule has 0 atom stereocenters. The molecule has 0 radical (unpaired) electrons. The summed E-state index contributed by atoms with van der Waals surface area (Å²) in [5, 5.41) is 24.6. The van der Waals surface area contributed by atoms with E-state index >= 15 is 0 Å². The summed E-state index contributed by atoms with van der Waals surface area (Å²) in [5.74, 6) is -1.24. The van der Waals surface area contributed by atoms with Gasteiger partial charge in [0, 0.05) is 23.3 Å². The minimum atomic E-state index is -1.06. The van der Waals surface area contributed by atoms with Crippen LogP contribution in [0, 0.1) is 11.3 Å². The van der Waals surface area contributed by atoms with E-state index < -0.39 is 11.9 Å². The summed E-state index contributed by atoms with van der Waals surface area (Å²) < 4.78 is 1.61. The number of nitrogens with one attached hydrogen (secondary N) is 1. The molecule has 8 heteroatoms. The zero-order chi connectivity index (χ0) is 17.5. The molecule has 0 saturated heterocycles. The van der Waals surface area contributed by atoms with E-state index in [-0.39, 0.29) is 11.1 Å². The van der Waals surface area contributed by atoms with Gasteiger partial charge in [-0.2, -0.15) is 10.4 Å². The van der Waals surface area contributed by atoms with Crippen LogP contribution in [0.5, 0.6) is 0 Å². The molecule has 1 aromatic heterocycles. The van der Waals surface area contributed by atoms with Gasteiger partial charge in [-0.05, 0) is 30.3 Å². The molecule has 122 valence electrons. The third kappa shape index (κ3) is 4.44. The highest BCUT2D eigenvalue weighted by Gasteiger charge is 2.11. The van der Waals surface area contributed by atoms with Crippen molar-refractivity contribution < 1.29 is 14.7 Å². The number of aryl methyl sites for hydroxylation is 1. The van der Waals surface area contributed by atoms with Gasteiger partial charge in [0.15, 0.2) is 0 Å². The Balaban J connectivity index is 2.11. The lowest BCUT2D eigenvalue weighted by Crippen LogP contribution is -2.13. The number of halogens is 1. The Morgan fingerprint density at radius 3 is 2.67 bits per heavy atom. The van der Waals surface area contributed by atoms with E-state index in [1.807, 2.05) is 6.07 Å². The standard InChI is InChI=1S/C16H13ClN4O3/c17-5-6-21-10-11(9-19-21)7-13(8-18)15(22)20-14-3-1-12(2-4-14)16(23)24/h1-4,7,9-10H,5-6H2,(H,20,22)(H,23,24). The largest absolute Gasteiger partial charge is 0.478 e. The molecule has 1 amide bonds. The Kier molecular flexibility index (Phi) is 5.71. The maximum absolute atomic E-state index is 12.1. The predicted molar refractivity (Wildman–Crippen MR) is 88.6 cm³/mol. The Labute approximate surface area is 142 Å². The number of hydrogen-bond donors (Lipinski definition) is 2. The minimum Gasteiger partial charge on any atom is -0.478 e. The van der Waals surface area contributed by atoms with E-state index in [4.69, 9.17) is 22.0 Å². The molecule has 1 aromatic carbocycles. The topological polar surface area (TPSA) is 108 Å². The number of hydrogen-bond acceptors (Lipinski definition) is 4. The second-order valence-electron chi connectivity index (χ2n) is 4.73. The number of benzene rings is 1. The smallest absolute Gasteiger partial charge is 0.335 e. The summed E-state index contributed by atoms with van der Waals surface area (Å²) >= 11 is 5.62. The fourth-order valence-electron chi connectivity index (χ4n) is 1.87. The highest BCUT2D eigenvalue weighted by atomic mass is 35.5. The average Bonchev–Trinajstić information content (AvgIpc) is 3.00. The lowest BCUT2D eigenvalue weighted by Gasteiger charge is -2.04. The highest BCUT2D eigenvalue weighted by Crippen LogP contribution is 2.12. The Morgan fingerprint density at radius 2 is 2.08 bits per heavy atom. The van der Waals surface area contributed by atoms with Gasteiger partial charge in [-0.3, -0.25) is 9.48 Å². The van der Waals surface area contributed by atoms with Crippen LogP contribution in [0.3, 0.4) is 0 Å². The summed E-state index contributed by atoms with van der Waals surface area (Å²) in [4.78, 5) is 22.9. The van der Waals surface area contributed by atoms with E-state index in [1.54, 1.807) is 10.9 Å². The third-order valence-corrected chi connectivity index (χ3v) is 3.20. The van der Waals surface area contributed by atoms with Gasteiger partial charge in [-0.25, -0.2) is 4.79 Å². The number of amides is 1. The van der Waals surface area contributed by atoms with Gasteiger partial charge in [-0.15, -0.1) is 11.6 Å². The van der Waals surface area contributed by atoms with Crippen molar-refractivity contribution in [3.63, 3.8) is 0 Å². The fraction of sp³-hybridized carbons (Fsp3) is 0.125. The van der Waals surface area contributed by atoms with Crippen LogP contribution in [0.1, 0.15) is 15.9 Å². The van der Waals surface area contributed by atoms with Crippen molar-refractivity contribution in [2.24, 2.45) is 0 Å². The van der Waals surface area contributed by atoms with Crippen molar-refractivity contribution in [2.45, 2.75) is 6.54 Å². The number of anilines is 1. The monoisotopic (exact) mass is 344 g/mol. The maximum Gasteiger partial charge on any atom is 0.335 e. The van der Waals surface area contributed by atoms with Crippen LogP contribution in [-0.2, 0) is 11.3 Å². The third-order valence-electron chi connectivity index (χ3n) is 3.03. The van der Waals surface area contributed by atoms with Gasteiger partial charge in [0.1, 0.15) is 11.6 Å². The van der Waals surface area contributed by atoms with Crippen LogP contribution in [0.2, 0.25) is 0 Å². The highest BCUT2D eigenvalue weighted by molar-refractivity contribution is 6.17. The zero-order valence-corrected chi connectivity index (χ0v) is 13.2. The molecule has 2 rings (SSSR count). The summed E-state index contributed by atoms with van der Waals surface area (Å²) in [7, 11) is 0. The molecule has 0 fully saturated rings. The van der Waals surface area contributed by atoms with Crippen molar-refractivity contribution >= 4 is 35.2 Å². The molecule has 0 aliphatic rings. The number of rotatable bonds is 6. The molecular formula is C16H13ClN4O3. The van der Waals surface area contributed by atoms with Crippen LogP contribution < -0.4 is 5.32 Å². The summed E-state index contributed by atoms with van der Waals surface area (Å²) in [6.07, 6.45) is 4.62. The van der Waals surface area contributed by atoms with Crippen LogP contribution in [0.25, 0.3) is 6.08 Å². The van der Waals surface area contributed by atoms with E-state index in [9.17, 15) is 9.59 Å². The molecular weight excluding hydrogens is 332 g/mol. The number of carbonyl (C=O) groups is 2. The molecule has 2 aromatic rings. The number of nitriles is 1. The van der Waals surface area contributed by atoms with Crippen LogP contribution in [0.4, 0.5) is 5.69 Å². The summed E-state index contributed by atoms with van der Waals surface area (Å²) in [6.45, 7) is 0.527. The van der Waals surface area contributed by atoms with Crippen molar-refractivity contribution in [1.29, 1.82) is 5.26 Å². The normalized spacial score (nSPS) is 10.9. The van der Waals surface area contributed by atoms with Crippen LogP contribution in [0.15, 0.2) is 42.2 Å². The molecule has 0 aliphatic carbocycles. The Bertz CT molecular complexity index is 819. The van der Waals surface area contributed by atoms with Crippen LogP contribution >= 0.6 is 11.6 Å². The second-order valence-corrected chi connectivity index (χ2v) is 5.11. The van der Waals surface area contributed by atoms with Crippen LogP contribution in [-0.4, -0.2) is 32.6 Å². The van der Waals surface area contributed by atoms with Gasteiger partial charge in [-0.1, -0.05) is 0 Å². The van der Waals surface area contributed by atoms with E-state index in [0.29, 0.717) is 23.7 Å². The minimum absolute atomic E-state index is 0.0947. The zero-order valence-electron chi connectivity index (χ0n) is 12.4. The number of carbonyl (C=O) groups excluding carboxylic acids is 1. The van der Waals surface area contributed by atoms with Crippen molar-refractivity contribution in [1.82, 2.24) is 9.78 Å². The number of alkyl halides is 1. The summed E-state index contributed by atoms with van der Waals surface area (Å²) in [6, 6.07) is 7.47. The first kappa shape index (κ1) is 17.2. The van der Waals surface area contributed by atoms with Gasteiger partial charge in [0.25, 0.3) is 5.91 Å². The first-order valence-corrected chi connectivity index (χ1v) is 7.42. The molecule has 0 spiro atoms. The maximum atomic E-state index is 12.1. The number of aromatic carboxylic acids is 1. The first-order valence-electron chi connectivity index (χ1n) is 6.88. The Morgan fingerprint density at radius 1 is 1.38 bits per heavy atom. The number of nitrogens with zero attached hydrogens (tertiary/aromatic N) is 3. The predicted octanol–water partition coefficient (Wildman–Crippen LogP) is 2.37. The quantitative estimate of drug-likeness (QED) is 0.475. The molecule has 7 nitrogen and oxygen atoms in total. The van der Waals surface area contributed by atoms with E-state index in [2.05, 4.69) is 10.4 Å². The molecule has 1 heterocycles. The second kappa shape index (κ2) is 7.94. The molecule has 24 heavy (non-hydrogen) atoms. The first-order chi connectivity index (χ1) is 11.5. The number of aromatic nitrogens is 2. The lowest BCUT2D eigenvalue weighted by atomic mass is 10.1. The molecule has 0 unspecified atom stereocenters. The fourth-order valence-corrected chi connectivity index (χ4v) is 2.05. The van der Waals surface area contributed by atoms with E-state index in [0.717, 1.165) is 0 Å². The van der Waals surface area contributed by atoms with Gasteiger partial charge >= 0.3 is 5.97 Å². The molecule has 2 N–H and O–H groups in total. The molecule has 0 aliphatic heterocycles. The van der Waals surface area contributed by atoms with E-state index in [1.165, 1.54) is 36.5 Å². The van der Waals surface area contributed by atoms with Gasteiger partial charge in [0.2, 0.25) is 0 Å². The van der Waals surface area contributed by atoms with Gasteiger partial charge < -0.3 is 10.4 Å². The Hall–Kier alpha value is -3.11. The van der Waals surface area contributed by atoms with Crippen molar-refractivity contribution in [2.75, 3.05) is 11.2 Å². The summed E-state index contributed by atoms with van der Waals surface area (Å²) in [5.41, 5.74) is 1.01. The lowest BCUT2D eigenvalue weighted by molar-refractivity contribution is -0.112. The molecule has 0 bridgehead atoms. The van der Waals surface area contributed by atoms with Crippen molar-refractivity contribution in [3.05, 3.63) is 53.4 Å². The number of carboxylic acid groups (broad SMARTS) is 1. The van der Waals surface area contributed by atoms with Crippen molar-refractivity contribution in [3.8, 4) is 6.07 Å². The van der Waals surface area contributed by atoms with Gasteiger partial charge in [0.05, 0.1) is 18.3 Å². The average molecular weight is 345 g/mol. The molecule has 0 saturated carbocycles. The SMILES string of the molecule is N#CC(=Cc1cnn(CCCl)c1)C(=O)Nc1ccc(C(=O)O)cc1. The number of carboxylic acids is 1.